The summed E-state index contributed by atoms with van der Waals surface area (Å²) in [4.78, 5) is 23.0. The van der Waals surface area contributed by atoms with Crippen molar-refractivity contribution in [3.8, 4) is 0 Å². The highest BCUT2D eigenvalue weighted by atomic mass is 16.6. The Hall–Kier alpha value is -1.84. The molecule has 3 atom stereocenters. The van der Waals surface area contributed by atoms with Gasteiger partial charge in [0.25, 0.3) is 0 Å². The molecular formula is C17H22O4. The molecule has 1 aliphatic carbocycles. The van der Waals surface area contributed by atoms with E-state index in [9.17, 15) is 9.59 Å². The molecule has 1 fully saturated rings. The van der Waals surface area contributed by atoms with Gasteiger partial charge in [-0.05, 0) is 38.3 Å². The van der Waals surface area contributed by atoms with Gasteiger partial charge in [0, 0.05) is 24.8 Å². The van der Waals surface area contributed by atoms with Gasteiger partial charge in [-0.2, -0.15) is 0 Å². The van der Waals surface area contributed by atoms with Crippen LogP contribution < -0.4 is 0 Å². The second kappa shape index (κ2) is 6.29. The first-order valence-electron chi connectivity index (χ1n) is 7.29. The molecular weight excluding hydrogens is 268 g/mol. The van der Waals surface area contributed by atoms with E-state index in [2.05, 4.69) is 19.6 Å². The molecule has 0 radical (unpaired) electrons. The van der Waals surface area contributed by atoms with Gasteiger partial charge in [-0.3, -0.25) is 4.79 Å². The molecule has 0 bridgehead atoms. The van der Waals surface area contributed by atoms with Crippen molar-refractivity contribution in [2.24, 2.45) is 5.92 Å². The van der Waals surface area contributed by atoms with Crippen molar-refractivity contribution in [2.75, 3.05) is 0 Å². The van der Waals surface area contributed by atoms with E-state index in [1.807, 2.05) is 13.0 Å². The Morgan fingerprint density at radius 3 is 2.81 bits per heavy atom. The van der Waals surface area contributed by atoms with Crippen molar-refractivity contribution in [1.29, 1.82) is 0 Å². The van der Waals surface area contributed by atoms with E-state index in [0.29, 0.717) is 12.0 Å². The predicted molar refractivity (Wildman–Crippen MR) is 79.4 cm³/mol. The summed E-state index contributed by atoms with van der Waals surface area (Å²) in [5, 5.41) is 0. The first kappa shape index (κ1) is 15.5. The smallest absolute Gasteiger partial charge is 0.334 e. The van der Waals surface area contributed by atoms with Gasteiger partial charge in [0.05, 0.1) is 0 Å². The fourth-order valence-corrected chi connectivity index (χ4v) is 2.81. The molecule has 1 aliphatic heterocycles. The van der Waals surface area contributed by atoms with Crippen LogP contribution in [0.2, 0.25) is 0 Å². The summed E-state index contributed by atoms with van der Waals surface area (Å²) >= 11 is 0. The Labute approximate surface area is 125 Å². The van der Waals surface area contributed by atoms with Gasteiger partial charge in [0.1, 0.15) is 12.2 Å². The number of hydrogen-bond acceptors (Lipinski definition) is 4. The molecule has 1 saturated heterocycles. The van der Waals surface area contributed by atoms with Gasteiger partial charge in [-0.25, -0.2) is 4.79 Å². The highest BCUT2D eigenvalue weighted by Crippen LogP contribution is 2.34. The summed E-state index contributed by atoms with van der Waals surface area (Å²) in [6.07, 6.45) is 5.79. The molecule has 21 heavy (non-hydrogen) atoms. The Morgan fingerprint density at radius 2 is 2.14 bits per heavy atom. The molecule has 0 amide bonds. The minimum Gasteiger partial charge on any atom is -0.458 e. The summed E-state index contributed by atoms with van der Waals surface area (Å²) in [5.41, 5.74) is 2.68. The molecule has 0 saturated carbocycles. The largest absolute Gasteiger partial charge is 0.458 e. The van der Waals surface area contributed by atoms with Gasteiger partial charge in [-0.15, -0.1) is 0 Å². The summed E-state index contributed by atoms with van der Waals surface area (Å²) in [5.74, 6) is -0.619. The van der Waals surface area contributed by atoms with Gasteiger partial charge >= 0.3 is 11.9 Å². The predicted octanol–water partition coefficient (Wildman–Crippen LogP) is 3.09. The fraction of sp³-hybridized carbons (Fsp3) is 0.529. The van der Waals surface area contributed by atoms with Gasteiger partial charge in [0.2, 0.25) is 0 Å². The number of carbonyl (C=O) groups is 2. The zero-order valence-electron chi connectivity index (χ0n) is 12.8. The van der Waals surface area contributed by atoms with Crippen LogP contribution >= 0.6 is 0 Å². The molecule has 0 N–H and O–H groups in total. The van der Waals surface area contributed by atoms with E-state index in [1.165, 1.54) is 12.5 Å². The highest BCUT2D eigenvalue weighted by molar-refractivity contribution is 5.91. The van der Waals surface area contributed by atoms with Crippen LogP contribution in [-0.2, 0) is 19.1 Å². The fourth-order valence-electron chi connectivity index (χ4n) is 2.81. The van der Waals surface area contributed by atoms with Crippen molar-refractivity contribution in [3.63, 3.8) is 0 Å². The first-order valence-corrected chi connectivity index (χ1v) is 7.29. The number of hydrogen-bond donors (Lipinski definition) is 0. The second-order valence-corrected chi connectivity index (χ2v) is 5.84. The molecule has 114 valence electrons. The van der Waals surface area contributed by atoms with Crippen LogP contribution in [0.15, 0.2) is 35.5 Å². The number of ether oxygens (including phenoxy) is 2. The molecule has 4 heteroatoms. The lowest BCUT2D eigenvalue weighted by atomic mass is 9.87. The maximum absolute atomic E-state index is 11.7. The van der Waals surface area contributed by atoms with E-state index in [4.69, 9.17) is 9.47 Å². The van der Waals surface area contributed by atoms with Crippen LogP contribution in [0, 0.1) is 5.92 Å². The maximum Gasteiger partial charge on any atom is 0.334 e. The van der Waals surface area contributed by atoms with Crippen LogP contribution in [0.4, 0.5) is 0 Å². The standard InChI is InChI=1S/C17H22O4/c1-10-5-7-14-12(3)17(19)21-16(14)9-11(2)15(8-6-10)20-13(4)18/h6,9,14-16H,3,5,7-8H2,1-2,4H3/b10-6?,11-9+/t14-,15+,16+/m0/s1. The zero-order valence-corrected chi connectivity index (χ0v) is 12.8. The Bertz CT molecular complexity index is 527. The van der Waals surface area contributed by atoms with Crippen molar-refractivity contribution < 1.29 is 19.1 Å². The third-order valence-corrected chi connectivity index (χ3v) is 4.12. The molecule has 4 nitrogen and oxygen atoms in total. The Balaban J connectivity index is 2.31. The van der Waals surface area contributed by atoms with Crippen molar-refractivity contribution in [3.05, 3.63) is 35.5 Å². The molecule has 0 spiro atoms. The van der Waals surface area contributed by atoms with Crippen molar-refractivity contribution >= 4 is 11.9 Å². The SMILES string of the molecule is C=C1C(=O)O[C@@H]2/C=C(\C)[C@H](OC(C)=O)CC=C(C)CC[C@@H]12. The summed E-state index contributed by atoms with van der Waals surface area (Å²) in [7, 11) is 0. The Kier molecular flexibility index (Phi) is 4.66. The van der Waals surface area contributed by atoms with Gasteiger partial charge in [0.15, 0.2) is 0 Å². The van der Waals surface area contributed by atoms with E-state index < -0.39 is 0 Å². The van der Waals surface area contributed by atoms with Crippen molar-refractivity contribution in [1.82, 2.24) is 0 Å². The molecule has 2 aliphatic rings. The highest BCUT2D eigenvalue weighted by Gasteiger charge is 2.37. The van der Waals surface area contributed by atoms with Gasteiger partial charge < -0.3 is 9.47 Å². The monoisotopic (exact) mass is 290 g/mol. The third-order valence-electron chi connectivity index (χ3n) is 4.12. The zero-order chi connectivity index (χ0) is 15.6. The Morgan fingerprint density at radius 1 is 1.43 bits per heavy atom. The topological polar surface area (TPSA) is 52.6 Å². The lowest BCUT2D eigenvalue weighted by Gasteiger charge is -2.22. The summed E-state index contributed by atoms with van der Waals surface area (Å²) < 4.78 is 10.8. The number of fused-ring (bicyclic) bond motifs is 1. The van der Waals surface area contributed by atoms with Crippen LogP contribution in [0.3, 0.4) is 0 Å². The van der Waals surface area contributed by atoms with E-state index in [0.717, 1.165) is 18.4 Å². The lowest BCUT2D eigenvalue weighted by molar-refractivity contribution is -0.144. The number of rotatable bonds is 1. The van der Waals surface area contributed by atoms with Crippen LogP contribution in [0.1, 0.15) is 40.0 Å². The molecule has 0 aromatic rings. The molecule has 2 rings (SSSR count). The quantitative estimate of drug-likeness (QED) is 0.423. The average Bonchev–Trinajstić information content (AvgIpc) is 2.66. The minimum atomic E-state index is -0.320. The minimum absolute atomic E-state index is 0.00637. The van der Waals surface area contributed by atoms with Crippen LogP contribution in [0.5, 0.6) is 0 Å². The number of esters is 2. The van der Waals surface area contributed by atoms with Crippen molar-refractivity contribution in [2.45, 2.75) is 52.2 Å². The molecule has 1 heterocycles. The van der Waals surface area contributed by atoms with E-state index >= 15 is 0 Å². The molecule has 0 aromatic carbocycles. The van der Waals surface area contributed by atoms with Gasteiger partial charge in [-0.1, -0.05) is 18.2 Å². The molecule has 0 aromatic heterocycles. The first-order chi connectivity index (χ1) is 9.88. The maximum atomic E-state index is 11.7. The summed E-state index contributed by atoms with van der Waals surface area (Å²) in [6, 6.07) is 0. The van der Waals surface area contributed by atoms with Crippen LogP contribution in [0.25, 0.3) is 0 Å². The third kappa shape index (κ3) is 3.63. The molecule has 0 unspecified atom stereocenters. The second-order valence-electron chi connectivity index (χ2n) is 5.84. The number of allylic oxidation sites excluding steroid dienone is 1. The van der Waals surface area contributed by atoms with Crippen LogP contribution in [-0.4, -0.2) is 24.1 Å². The van der Waals surface area contributed by atoms with E-state index in [1.54, 1.807) is 0 Å². The van der Waals surface area contributed by atoms with E-state index in [-0.39, 0.29) is 30.1 Å². The number of carbonyl (C=O) groups excluding carboxylic acids is 2. The average molecular weight is 290 g/mol. The summed E-state index contributed by atoms with van der Waals surface area (Å²) in [6.45, 7) is 9.22. The normalized spacial score (nSPS) is 32.4. The lowest BCUT2D eigenvalue weighted by Crippen LogP contribution is -2.22.